The highest BCUT2D eigenvalue weighted by Gasteiger charge is 2.14. The number of carbonyl (C=O) groups is 1. The van der Waals surface area contributed by atoms with Crippen LogP contribution in [0.4, 0.5) is 0 Å². The summed E-state index contributed by atoms with van der Waals surface area (Å²) < 4.78 is 6.99. The van der Waals surface area contributed by atoms with Gasteiger partial charge in [0.25, 0.3) is 5.91 Å². The Balaban J connectivity index is 1.76. The Morgan fingerprint density at radius 3 is 2.70 bits per heavy atom. The molecule has 3 rings (SSSR count). The number of ether oxygens (including phenoxy) is 1. The van der Waals surface area contributed by atoms with Gasteiger partial charge in [-0.25, -0.2) is 4.98 Å². The van der Waals surface area contributed by atoms with Crippen molar-refractivity contribution in [3.05, 3.63) is 65.6 Å². The zero-order valence-corrected chi connectivity index (χ0v) is 13.4. The number of nitrogens with one attached hydrogen (secondary N) is 1. The van der Waals surface area contributed by atoms with Crippen molar-refractivity contribution in [1.29, 1.82) is 0 Å². The second-order valence-electron chi connectivity index (χ2n) is 5.56. The van der Waals surface area contributed by atoms with Crippen LogP contribution in [-0.2, 0) is 0 Å². The summed E-state index contributed by atoms with van der Waals surface area (Å²) in [5.74, 6) is 0.609. The molecule has 1 amide bonds. The van der Waals surface area contributed by atoms with E-state index in [0.29, 0.717) is 5.69 Å². The van der Waals surface area contributed by atoms with Crippen LogP contribution >= 0.6 is 0 Å². The first-order valence-electron chi connectivity index (χ1n) is 7.47. The number of benzene rings is 1. The zero-order valence-electron chi connectivity index (χ0n) is 13.4. The van der Waals surface area contributed by atoms with Gasteiger partial charge in [0.05, 0.1) is 13.2 Å². The van der Waals surface area contributed by atoms with Gasteiger partial charge in [0.2, 0.25) is 0 Å². The van der Waals surface area contributed by atoms with E-state index in [1.807, 2.05) is 60.8 Å². The molecule has 0 spiro atoms. The van der Waals surface area contributed by atoms with Gasteiger partial charge >= 0.3 is 0 Å². The van der Waals surface area contributed by atoms with Gasteiger partial charge in [-0.2, -0.15) is 0 Å². The highest BCUT2D eigenvalue weighted by atomic mass is 16.5. The first-order chi connectivity index (χ1) is 11.1. The van der Waals surface area contributed by atoms with Crippen LogP contribution in [0, 0.1) is 6.92 Å². The van der Waals surface area contributed by atoms with Gasteiger partial charge in [-0.15, -0.1) is 0 Å². The number of methoxy groups -OCH3 is 1. The fourth-order valence-electron chi connectivity index (χ4n) is 2.44. The van der Waals surface area contributed by atoms with Crippen LogP contribution in [0.5, 0.6) is 5.75 Å². The minimum atomic E-state index is -0.185. The quantitative estimate of drug-likeness (QED) is 0.805. The number of imidazole rings is 1. The molecule has 118 valence electrons. The molecule has 2 aromatic heterocycles. The smallest absolute Gasteiger partial charge is 0.271 e. The largest absolute Gasteiger partial charge is 0.497 e. The van der Waals surface area contributed by atoms with Crippen LogP contribution in [-0.4, -0.2) is 22.4 Å². The number of rotatable bonds is 4. The first-order valence-corrected chi connectivity index (χ1v) is 7.47. The van der Waals surface area contributed by atoms with Crippen molar-refractivity contribution in [1.82, 2.24) is 14.7 Å². The maximum Gasteiger partial charge on any atom is 0.271 e. The average molecular weight is 309 g/mol. The van der Waals surface area contributed by atoms with Gasteiger partial charge in [-0.05, 0) is 49.2 Å². The molecule has 3 aromatic rings. The summed E-state index contributed by atoms with van der Waals surface area (Å²) in [5.41, 5.74) is 3.31. The number of aromatic nitrogens is 2. The Hall–Kier alpha value is -2.82. The lowest BCUT2D eigenvalue weighted by Crippen LogP contribution is -2.26. The Labute approximate surface area is 134 Å². The minimum Gasteiger partial charge on any atom is -0.497 e. The third-order valence-corrected chi connectivity index (χ3v) is 3.81. The van der Waals surface area contributed by atoms with Crippen LogP contribution in [0.1, 0.15) is 34.6 Å². The topological polar surface area (TPSA) is 55.6 Å². The molecule has 0 unspecified atom stereocenters. The van der Waals surface area contributed by atoms with Crippen molar-refractivity contribution >= 4 is 11.6 Å². The van der Waals surface area contributed by atoms with Crippen molar-refractivity contribution in [3.8, 4) is 5.75 Å². The lowest BCUT2D eigenvalue weighted by molar-refractivity contribution is 0.0935. The van der Waals surface area contributed by atoms with E-state index in [9.17, 15) is 4.79 Å². The number of pyridine rings is 1. The highest BCUT2D eigenvalue weighted by molar-refractivity contribution is 5.93. The van der Waals surface area contributed by atoms with Crippen molar-refractivity contribution in [2.45, 2.75) is 19.9 Å². The molecule has 0 fully saturated rings. The maximum atomic E-state index is 12.4. The summed E-state index contributed by atoms with van der Waals surface area (Å²) >= 11 is 0. The van der Waals surface area contributed by atoms with E-state index in [1.54, 1.807) is 13.3 Å². The highest BCUT2D eigenvalue weighted by Crippen LogP contribution is 2.18. The Morgan fingerprint density at radius 1 is 1.26 bits per heavy atom. The molecule has 0 bridgehead atoms. The van der Waals surface area contributed by atoms with Crippen LogP contribution in [0.3, 0.4) is 0 Å². The van der Waals surface area contributed by atoms with E-state index in [4.69, 9.17) is 4.74 Å². The molecule has 0 aliphatic rings. The number of nitrogens with zero attached hydrogens (tertiary/aromatic N) is 2. The normalized spacial score (nSPS) is 12.1. The van der Waals surface area contributed by atoms with Gasteiger partial charge < -0.3 is 14.5 Å². The average Bonchev–Trinajstić information content (AvgIpc) is 2.98. The lowest BCUT2D eigenvalue weighted by atomic mass is 10.1. The molecule has 0 saturated heterocycles. The molecule has 1 atom stereocenters. The zero-order chi connectivity index (χ0) is 16.4. The summed E-state index contributed by atoms with van der Waals surface area (Å²) in [5, 5.41) is 2.97. The predicted molar refractivity (Wildman–Crippen MR) is 88.8 cm³/mol. The van der Waals surface area contributed by atoms with Crippen molar-refractivity contribution in [2.75, 3.05) is 7.11 Å². The minimum absolute atomic E-state index is 0.111. The van der Waals surface area contributed by atoms with E-state index in [0.717, 1.165) is 22.5 Å². The number of aryl methyl sites for hydroxylation is 1. The second kappa shape index (κ2) is 6.12. The molecule has 5 heteroatoms. The van der Waals surface area contributed by atoms with Crippen LogP contribution < -0.4 is 10.1 Å². The summed E-state index contributed by atoms with van der Waals surface area (Å²) in [7, 11) is 1.63. The molecule has 0 radical (unpaired) electrons. The van der Waals surface area contributed by atoms with E-state index in [2.05, 4.69) is 10.3 Å². The Morgan fingerprint density at radius 2 is 2.00 bits per heavy atom. The van der Waals surface area contributed by atoms with Crippen LogP contribution in [0.15, 0.2) is 48.8 Å². The third-order valence-electron chi connectivity index (χ3n) is 3.81. The standard InChI is InChI=1S/C18H19N3O2/c1-12-8-9-21-11-16(20-17(21)10-12)18(22)19-13(2)14-4-6-15(23-3)7-5-14/h4-11,13H,1-3H3,(H,19,22)/t13-/m1/s1. The molecule has 2 heterocycles. The number of hydrogen-bond acceptors (Lipinski definition) is 3. The molecule has 0 saturated carbocycles. The summed E-state index contributed by atoms with van der Waals surface area (Å²) in [6.45, 7) is 3.94. The van der Waals surface area contributed by atoms with Gasteiger partial charge in [0, 0.05) is 12.4 Å². The number of amides is 1. The molecule has 0 aliphatic carbocycles. The summed E-state index contributed by atoms with van der Waals surface area (Å²) in [6, 6.07) is 11.5. The summed E-state index contributed by atoms with van der Waals surface area (Å²) in [6.07, 6.45) is 3.65. The molecule has 0 aliphatic heterocycles. The number of hydrogen-bond donors (Lipinski definition) is 1. The van der Waals surface area contributed by atoms with Gasteiger partial charge in [-0.1, -0.05) is 12.1 Å². The van der Waals surface area contributed by atoms with E-state index in [-0.39, 0.29) is 11.9 Å². The molecule has 1 aromatic carbocycles. The van der Waals surface area contributed by atoms with Crippen LogP contribution in [0.25, 0.3) is 5.65 Å². The van der Waals surface area contributed by atoms with Crippen LogP contribution in [0.2, 0.25) is 0 Å². The van der Waals surface area contributed by atoms with E-state index >= 15 is 0 Å². The third kappa shape index (κ3) is 3.18. The first kappa shape index (κ1) is 15.1. The monoisotopic (exact) mass is 309 g/mol. The Bertz CT molecular complexity index is 837. The van der Waals surface area contributed by atoms with Crippen molar-refractivity contribution in [2.24, 2.45) is 0 Å². The Kier molecular flexibility index (Phi) is 4.02. The molecule has 5 nitrogen and oxygen atoms in total. The van der Waals surface area contributed by atoms with Gasteiger partial charge in [0.15, 0.2) is 0 Å². The fourth-order valence-corrected chi connectivity index (χ4v) is 2.44. The van der Waals surface area contributed by atoms with E-state index in [1.165, 1.54) is 0 Å². The lowest BCUT2D eigenvalue weighted by Gasteiger charge is -2.13. The molecule has 23 heavy (non-hydrogen) atoms. The van der Waals surface area contributed by atoms with Gasteiger partial charge in [0.1, 0.15) is 17.1 Å². The number of carbonyl (C=O) groups excluding carboxylic acids is 1. The predicted octanol–water partition coefficient (Wildman–Crippen LogP) is 3.14. The van der Waals surface area contributed by atoms with E-state index < -0.39 is 0 Å². The summed E-state index contributed by atoms with van der Waals surface area (Å²) in [4.78, 5) is 16.8. The van der Waals surface area contributed by atoms with Crippen molar-refractivity contribution < 1.29 is 9.53 Å². The molecular weight excluding hydrogens is 290 g/mol. The SMILES string of the molecule is COc1ccc([C@@H](C)NC(=O)c2cn3ccc(C)cc3n2)cc1. The second-order valence-corrected chi connectivity index (χ2v) is 5.56. The maximum absolute atomic E-state index is 12.4. The fraction of sp³-hybridized carbons (Fsp3) is 0.222. The van der Waals surface area contributed by atoms with Crippen molar-refractivity contribution in [3.63, 3.8) is 0 Å². The van der Waals surface area contributed by atoms with Gasteiger partial charge in [-0.3, -0.25) is 4.79 Å². The molecule has 1 N–H and O–H groups in total. The molecular formula is C18H19N3O2. The number of fused-ring (bicyclic) bond motifs is 1.